The number of piperidine rings is 1. The molecule has 0 spiro atoms. The van der Waals surface area contributed by atoms with Gasteiger partial charge in [0.15, 0.2) is 0 Å². The summed E-state index contributed by atoms with van der Waals surface area (Å²) in [6.07, 6.45) is 2.58. The van der Waals surface area contributed by atoms with Gasteiger partial charge in [0.05, 0.1) is 18.8 Å². The first-order valence-electron chi connectivity index (χ1n) is 8.49. The lowest BCUT2D eigenvalue weighted by Crippen LogP contribution is -2.52. The zero-order valence-electron chi connectivity index (χ0n) is 14.8. The molecular formula is C19H29NO3. The van der Waals surface area contributed by atoms with Crippen molar-refractivity contribution in [2.45, 2.75) is 64.8 Å². The minimum Gasteiger partial charge on any atom is -0.444 e. The number of rotatable bonds is 4. The number of carbonyl (C=O) groups excluding carboxylic acids is 1. The van der Waals surface area contributed by atoms with Crippen LogP contribution in [-0.2, 0) is 16.1 Å². The van der Waals surface area contributed by atoms with E-state index in [1.54, 1.807) is 4.90 Å². The molecule has 1 atom stereocenters. The Hall–Kier alpha value is -1.55. The summed E-state index contributed by atoms with van der Waals surface area (Å²) >= 11 is 0. The maximum absolute atomic E-state index is 12.3. The van der Waals surface area contributed by atoms with Crippen molar-refractivity contribution in [2.75, 3.05) is 13.1 Å². The third kappa shape index (κ3) is 5.24. The molecule has 4 heteroatoms. The van der Waals surface area contributed by atoms with Gasteiger partial charge in [-0.15, -0.1) is 0 Å². The molecule has 1 fully saturated rings. The number of benzene rings is 1. The monoisotopic (exact) mass is 319 g/mol. The molecule has 128 valence electrons. The molecule has 1 unspecified atom stereocenters. The number of likely N-dealkylation sites (tertiary alicyclic amines) is 1. The average molecular weight is 319 g/mol. The highest BCUT2D eigenvalue weighted by Gasteiger charge is 2.38. The molecule has 1 amide bonds. The molecule has 0 bridgehead atoms. The Bertz CT molecular complexity index is 509. The Morgan fingerprint density at radius 2 is 1.96 bits per heavy atom. The van der Waals surface area contributed by atoms with Crippen molar-refractivity contribution < 1.29 is 14.3 Å². The van der Waals surface area contributed by atoms with Gasteiger partial charge in [-0.2, -0.15) is 0 Å². The van der Waals surface area contributed by atoms with E-state index < -0.39 is 5.60 Å². The summed E-state index contributed by atoms with van der Waals surface area (Å²) in [4.78, 5) is 14.1. The molecule has 1 aliphatic rings. The van der Waals surface area contributed by atoms with Crippen molar-refractivity contribution in [1.82, 2.24) is 4.90 Å². The lowest BCUT2D eigenvalue weighted by Gasteiger charge is -2.42. The van der Waals surface area contributed by atoms with E-state index >= 15 is 0 Å². The summed E-state index contributed by atoms with van der Waals surface area (Å²) in [5.41, 5.74) is 0.425. The Morgan fingerprint density at radius 3 is 2.57 bits per heavy atom. The van der Waals surface area contributed by atoms with Gasteiger partial charge in [-0.25, -0.2) is 4.79 Å². The second kappa shape index (κ2) is 7.35. The minimum atomic E-state index is -0.464. The molecule has 4 nitrogen and oxygen atoms in total. The quantitative estimate of drug-likeness (QED) is 0.826. The van der Waals surface area contributed by atoms with Crippen molar-refractivity contribution in [3.05, 3.63) is 35.9 Å². The first-order valence-corrected chi connectivity index (χ1v) is 8.49. The van der Waals surface area contributed by atoms with Crippen molar-refractivity contribution in [2.24, 2.45) is 0 Å². The Morgan fingerprint density at radius 1 is 1.26 bits per heavy atom. The fourth-order valence-corrected chi connectivity index (χ4v) is 2.90. The average Bonchev–Trinajstić information content (AvgIpc) is 2.53. The van der Waals surface area contributed by atoms with Gasteiger partial charge in [0.1, 0.15) is 5.60 Å². The van der Waals surface area contributed by atoms with Crippen molar-refractivity contribution >= 4 is 6.09 Å². The topological polar surface area (TPSA) is 38.8 Å². The summed E-state index contributed by atoms with van der Waals surface area (Å²) in [6.45, 7) is 9.74. The highest BCUT2D eigenvalue weighted by molar-refractivity contribution is 5.68. The van der Waals surface area contributed by atoms with Gasteiger partial charge in [-0.1, -0.05) is 37.3 Å². The largest absolute Gasteiger partial charge is 0.444 e. The van der Waals surface area contributed by atoms with Crippen LogP contribution in [0.5, 0.6) is 0 Å². The molecule has 0 radical (unpaired) electrons. The zero-order valence-corrected chi connectivity index (χ0v) is 14.8. The molecule has 0 saturated carbocycles. The van der Waals surface area contributed by atoms with E-state index in [2.05, 4.69) is 19.1 Å². The summed E-state index contributed by atoms with van der Waals surface area (Å²) in [7, 11) is 0. The molecule has 0 aromatic heterocycles. The van der Waals surface area contributed by atoms with E-state index in [-0.39, 0.29) is 11.7 Å². The van der Waals surface area contributed by atoms with E-state index in [0.717, 1.165) is 31.4 Å². The van der Waals surface area contributed by atoms with E-state index in [4.69, 9.17) is 9.47 Å². The molecule has 1 aromatic carbocycles. The number of carbonyl (C=O) groups is 1. The molecule has 1 aromatic rings. The van der Waals surface area contributed by atoms with Crippen molar-refractivity contribution in [3.63, 3.8) is 0 Å². The second-order valence-electron chi connectivity index (χ2n) is 7.32. The molecule has 0 N–H and O–H groups in total. The van der Waals surface area contributed by atoms with Crippen LogP contribution in [0.3, 0.4) is 0 Å². The van der Waals surface area contributed by atoms with Gasteiger partial charge < -0.3 is 14.4 Å². The minimum absolute atomic E-state index is 0.238. The van der Waals surface area contributed by atoms with Gasteiger partial charge in [0.2, 0.25) is 0 Å². The molecule has 2 rings (SSSR count). The molecule has 1 saturated heterocycles. The van der Waals surface area contributed by atoms with E-state index in [9.17, 15) is 4.79 Å². The molecule has 0 aliphatic carbocycles. The highest BCUT2D eigenvalue weighted by Crippen LogP contribution is 2.30. The normalized spacial score (nSPS) is 22.0. The Labute approximate surface area is 139 Å². The van der Waals surface area contributed by atoms with Crippen LogP contribution in [0.15, 0.2) is 30.3 Å². The van der Waals surface area contributed by atoms with Gasteiger partial charge in [-0.3, -0.25) is 0 Å². The molecule has 1 heterocycles. The Balaban J connectivity index is 1.99. The van der Waals surface area contributed by atoms with Crippen LogP contribution in [0.25, 0.3) is 0 Å². The number of nitrogens with zero attached hydrogens (tertiary/aromatic N) is 1. The van der Waals surface area contributed by atoms with Crippen LogP contribution in [0, 0.1) is 0 Å². The first-order chi connectivity index (χ1) is 10.8. The van der Waals surface area contributed by atoms with Gasteiger partial charge >= 0.3 is 6.09 Å². The molecule has 23 heavy (non-hydrogen) atoms. The Kier molecular flexibility index (Phi) is 5.69. The summed E-state index contributed by atoms with van der Waals surface area (Å²) in [6, 6.07) is 10.2. The maximum atomic E-state index is 12.3. The zero-order chi connectivity index (χ0) is 16.9. The van der Waals surface area contributed by atoms with Crippen molar-refractivity contribution in [1.29, 1.82) is 0 Å². The molecule has 1 aliphatic heterocycles. The van der Waals surface area contributed by atoms with Crippen LogP contribution in [-0.4, -0.2) is 35.3 Å². The lowest BCUT2D eigenvalue weighted by molar-refractivity contribution is -0.101. The fraction of sp³-hybridized carbons (Fsp3) is 0.632. The number of hydrogen-bond donors (Lipinski definition) is 0. The number of hydrogen-bond acceptors (Lipinski definition) is 3. The standard InChI is InChI=1S/C19H29NO3/c1-5-19(22-14-16-10-7-6-8-11-16)12-9-13-20(15-19)17(21)23-18(2,3)4/h6-8,10-11H,5,9,12-15H2,1-4H3. The van der Waals surface area contributed by atoms with Gasteiger partial charge in [0.25, 0.3) is 0 Å². The van der Waals surface area contributed by atoms with E-state index in [1.807, 2.05) is 39.0 Å². The maximum Gasteiger partial charge on any atom is 0.410 e. The SMILES string of the molecule is CCC1(OCc2ccccc2)CCCN(C(=O)OC(C)(C)C)C1. The van der Waals surface area contributed by atoms with Crippen LogP contribution in [0.1, 0.15) is 52.5 Å². The smallest absolute Gasteiger partial charge is 0.410 e. The van der Waals surface area contributed by atoms with Crippen LogP contribution >= 0.6 is 0 Å². The van der Waals surface area contributed by atoms with Gasteiger partial charge in [-0.05, 0) is 45.6 Å². The summed E-state index contributed by atoms with van der Waals surface area (Å²) < 4.78 is 11.8. The van der Waals surface area contributed by atoms with E-state index in [1.165, 1.54) is 0 Å². The first kappa shape index (κ1) is 17.8. The lowest BCUT2D eigenvalue weighted by atomic mass is 9.90. The van der Waals surface area contributed by atoms with Crippen LogP contribution in [0.4, 0.5) is 4.79 Å². The van der Waals surface area contributed by atoms with Crippen LogP contribution in [0.2, 0.25) is 0 Å². The van der Waals surface area contributed by atoms with Gasteiger partial charge in [0, 0.05) is 6.54 Å². The third-order valence-electron chi connectivity index (χ3n) is 4.22. The predicted octanol–water partition coefficient (Wildman–Crippen LogP) is 4.38. The predicted molar refractivity (Wildman–Crippen MR) is 91.3 cm³/mol. The second-order valence-corrected chi connectivity index (χ2v) is 7.32. The highest BCUT2D eigenvalue weighted by atomic mass is 16.6. The fourth-order valence-electron chi connectivity index (χ4n) is 2.90. The van der Waals surface area contributed by atoms with Crippen LogP contribution < -0.4 is 0 Å². The third-order valence-corrected chi connectivity index (χ3v) is 4.22. The number of ether oxygens (including phenoxy) is 2. The summed E-state index contributed by atoms with van der Waals surface area (Å²) in [5.74, 6) is 0. The van der Waals surface area contributed by atoms with Crippen molar-refractivity contribution in [3.8, 4) is 0 Å². The van der Waals surface area contributed by atoms with E-state index in [0.29, 0.717) is 13.2 Å². The summed E-state index contributed by atoms with van der Waals surface area (Å²) in [5, 5.41) is 0. The number of amides is 1. The molecular weight excluding hydrogens is 290 g/mol.